The van der Waals surface area contributed by atoms with E-state index in [9.17, 15) is 0 Å². The zero-order valence-electron chi connectivity index (χ0n) is 11.3. The smallest absolute Gasteiger partial charge is 0.126 e. The second kappa shape index (κ2) is 6.10. The van der Waals surface area contributed by atoms with Crippen molar-refractivity contribution in [1.82, 2.24) is 0 Å². The summed E-state index contributed by atoms with van der Waals surface area (Å²) in [6.07, 6.45) is 4.89. The summed E-state index contributed by atoms with van der Waals surface area (Å²) in [6, 6.07) is 6.14. The van der Waals surface area contributed by atoms with Crippen LogP contribution < -0.4 is 15.2 Å². The molecule has 2 N–H and O–H groups in total. The summed E-state index contributed by atoms with van der Waals surface area (Å²) >= 11 is 0. The van der Waals surface area contributed by atoms with Gasteiger partial charge in [0.25, 0.3) is 0 Å². The minimum atomic E-state index is 0.605. The standard InChI is InChI=1S/C15H23NO2/c1-17-13-7-8-14(15(9-13)18-2)12-5-3-11(10-16)4-6-12/h7-9,11-12H,3-6,10,16H2,1-2H3. The summed E-state index contributed by atoms with van der Waals surface area (Å²) in [5, 5.41) is 0. The van der Waals surface area contributed by atoms with E-state index in [4.69, 9.17) is 15.2 Å². The summed E-state index contributed by atoms with van der Waals surface area (Å²) in [7, 11) is 3.41. The van der Waals surface area contributed by atoms with Crippen molar-refractivity contribution >= 4 is 0 Å². The van der Waals surface area contributed by atoms with Gasteiger partial charge >= 0.3 is 0 Å². The van der Waals surface area contributed by atoms with E-state index >= 15 is 0 Å². The summed E-state index contributed by atoms with van der Waals surface area (Å²) in [6.45, 7) is 0.826. The number of benzene rings is 1. The lowest BCUT2D eigenvalue weighted by atomic mass is 9.78. The Balaban J connectivity index is 2.13. The molecule has 1 aromatic carbocycles. The first kappa shape index (κ1) is 13.2. The molecule has 18 heavy (non-hydrogen) atoms. The average molecular weight is 249 g/mol. The van der Waals surface area contributed by atoms with E-state index in [-0.39, 0.29) is 0 Å². The van der Waals surface area contributed by atoms with Crippen LogP contribution in [0.3, 0.4) is 0 Å². The Kier molecular flexibility index (Phi) is 4.48. The first-order valence-corrected chi connectivity index (χ1v) is 6.70. The molecule has 0 atom stereocenters. The van der Waals surface area contributed by atoms with Crippen LogP contribution in [-0.2, 0) is 0 Å². The Labute approximate surface area is 109 Å². The van der Waals surface area contributed by atoms with Crippen molar-refractivity contribution in [2.24, 2.45) is 11.7 Å². The van der Waals surface area contributed by atoms with Gasteiger partial charge in [-0.3, -0.25) is 0 Å². The lowest BCUT2D eigenvalue weighted by Crippen LogP contribution is -2.20. The molecule has 0 unspecified atom stereocenters. The lowest BCUT2D eigenvalue weighted by molar-refractivity contribution is 0.323. The van der Waals surface area contributed by atoms with Crippen LogP contribution in [0.15, 0.2) is 18.2 Å². The number of rotatable bonds is 4. The van der Waals surface area contributed by atoms with Crippen LogP contribution in [0.5, 0.6) is 11.5 Å². The summed E-state index contributed by atoms with van der Waals surface area (Å²) < 4.78 is 10.7. The summed E-state index contributed by atoms with van der Waals surface area (Å²) in [5.74, 6) is 3.12. The molecule has 1 aliphatic rings. The minimum absolute atomic E-state index is 0.605. The number of hydrogen-bond donors (Lipinski definition) is 1. The molecule has 0 radical (unpaired) electrons. The molecule has 0 heterocycles. The Morgan fingerprint density at radius 1 is 1.11 bits per heavy atom. The molecule has 1 aromatic rings. The van der Waals surface area contributed by atoms with E-state index < -0.39 is 0 Å². The molecule has 2 rings (SSSR count). The molecule has 0 aromatic heterocycles. The van der Waals surface area contributed by atoms with Gasteiger partial charge in [0.15, 0.2) is 0 Å². The molecule has 0 amide bonds. The normalized spacial score (nSPS) is 23.7. The van der Waals surface area contributed by atoms with Crippen molar-refractivity contribution in [3.8, 4) is 11.5 Å². The molecule has 0 spiro atoms. The number of nitrogens with two attached hydrogens (primary N) is 1. The topological polar surface area (TPSA) is 44.5 Å². The van der Waals surface area contributed by atoms with Crippen molar-refractivity contribution < 1.29 is 9.47 Å². The fourth-order valence-corrected chi connectivity index (χ4v) is 2.86. The van der Waals surface area contributed by atoms with Gasteiger partial charge in [0, 0.05) is 6.07 Å². The predicted octanol–water partition coefficient (Wildman–Crippen LogP) is 2.94. The first-order chi connectivity index (χ1) is 8.78. The zero-order chi connectivity index (χ0) is 13.0. The molecule has 1 aliphatic carbocycles. The fourth-order valence-electron chi connectivity index (χ4n) is 2.86. The van der Waals surface area contributed by atoms with E-state index in [0.717, 1.165) is 18.0 Å². The van der Waals surface area contributed by atoms with E-state index in [2.05, 4.69) is 6.07 Å². The van der Waals surface area contributed by atoms with E-state index in [1.807, 2.05) is 12.1 Å². The lowest BCUT2D eigenvalue weighted by Gasteiger charge is -2.29. The van der Waals surface area contributed by atoms with E-state index in [1.165, 1.54) is 31.2 Å². The number of ether oxygens (including phenoxy) is 2. The Morgan fingerprint density at radius 2 is 1.83 bits per heavy atom. The molecule has 1 saturated carbocycles. The van der Waals surface area contributed by atoms with Crippen LogP contribution in [-0.4, -0.2) is 20.8 Å². The van der Waals surface area contributed by atoms with Crippen LogP contribution >= 0.6 is 0 Å². The fraction of sp³-hybridized carbons (Fsp3) is 0.600. The number of methoxy groups -OCH3 is 2. The van der Waals surface area contributed by atoms with Gasteiger partial charge in [-0.2, -0.15) is 0 Å². The van der Waals surface area contributed by atoms with Gasteiger partial charge in [0.1, 0.15) is 11.5 Å². The maximum atomic E-state index is 5.74. The monoisotopic (exact) mass is 249 g/mol. The quantitative estimate of drug-likeness (QED) is 0.892. The van der Waals surface area contributed by atoms with Crippen LogP contribution in [0.25, 0.3) is 0 Å². The maximum Gasteiger partial charge on any atom is 0.126 e. The molecule has 3 heteroatoms. The predicted molar refractivity (Wildman–Crippen MR) is 73.3 cm³/mol. The molecule has 3 nitrogen and oxygen atoms in total. The van der Waals surface area contributed by atoms with Crippen LogP contribution in [0.4, 0.5) is 0 Å². The van der Waals surface area contributed by atoms with Gasteiger partial charge < -0.3 is 15.2 Å². The highest BCUT2D eigenvalue weighted by molar-refractivity contribution is 5.42. The summed E-state index contributed by atoms with van der Waals surface area (Å²) in [5.41, 5.74) is 7.05. The molecule has 100 valence electrons. The van der Waals surface area contributed by atoms with Crippen LogP contribution in [0.2, 0.25) is 0 Å². The highest BCUT2D eigenvalue weighted by Gasteiger charge is 2.23. The molecule has 0 aliphatic heterocycles. The van der Waals surface area contributed by atoms with Gasteiger partial charge in [0.05, 0.1) is 14.2 Å². The Hall–Kier alpha value is -1.22. The van der Waals surface area contributed by atoms with Crippen LogP contribution in [0, 0.1) is 5.92 Å². The second-order valence-electron chi connectivity index (χ2n) is 5.06. The molecular formula is C15H23NO2. The van der Waals surface area contributed by atoms with Gasteiger partial charge in [0.2, 0.25) is 0 Å². The van der Waals surface area contributed by atoms with Crippen molar-refractivity contribution in [1.29, 1.82) is 0 Å². The average Bonchev–Trinajstić information content (AvgIpc) is 2.46. The van der Waals surface area contributed by atoms with Crippen molar-refractivity contribution in [3.63, 3.8) is 0 Å². The minimum Gasteiger partial charge on any atom is -0.497 e. The van der Waals surface area contributed by atoms with Crippen molar-refractivity contribution in [3.05, 3.63) is 23.8 Å². The van der Waals surface area contributed by atoms with Gasteiger partial charge in [-0.25, -0.2) is 0 Å². The summed E-state index contributed by atoms with van der Waals surface area (Å²) in [4.78, 5) is 0. The Morgan fingerprint density at radius 3 is 2.39 bits per heavy atom. The molecule has 0 saturated heterocycles. The van der Waals surface area contributed by atoms with Crippen molar-refractivity contribution in [2.45, 2.75) is 31.6 Å². The SMILES string of the molecule is COc1ccc(C2CCC(CN)CC2)c(OC)c1. The zero-order valence-corrected chi connectivity index (χ0v) is 11.3. The highest BCUT2D eigenvalue weighted by Crippen LogP contribution is 2.40. The third-order valence-electron chi connectivity index (χ3n) is 4.06. The third-order valence-corrected chi connectivity index (χ3v) is 4.06. The Bertz CT molecular complexity index is 384. The van der Waals surface area contributed by atoms with Crippen molar-refractivity contribution in [2.75, 3.05) is 20.8 Å². The largest absolute Gasteiger partial charge is 0.497 e. The molecule has 0 bridgehead atoms. The second-order valence-corrected chi connectivity index (χ2v) is 5.06. The van der Waals surface area contributed by atoms with E-state index in [0.29, 0.717) is 11.8 Å². The van der Waals surface area contributed by atoms with Crippen LogP contribution in [0.1, 0.15) is 37.2 Å². The highest BCUT2D eigenvalue weighted by atomic mass is 16.5. The van der Waals surface area contributed by atoms with Gasteiger partial charge in [-0.1, -0.05) is 6.07 Å². The molecule has 1 fully saturated rings. The maximum absolute atomic E-state index is 5.74. The van der Waals surface area contributed by atoms with Gasteiger partial charge in [-0.15, -0.1) is 0 Å². The number of hydrogen-bond acceptors (Lipinski definition) is 3. The van der Waals surface area contributed by atoms with E-state index in [1.54, 1.807) is 14.2 Å². The first-order valence-electron chi connectivity index (χ1n) is 6.70. The molecular weight excluding hydrogens is 226 g/mol. The third kappa shape index (κ3) is 2.78. The van der Waals surface area contributed by atoms with Gasteiger partial charge in [-0.05, 0) is 55.7 Å².